The minimum absolute atomic E-state index is 0. The Labute approximate surface area is 500 Å². The molecule has 28 heteroatoms. The second kappa shape index (κ2) is 26.1. The number of phosphoric acid groups is 3. The van der Waals surface area contributed by atoms with Crippen molar-refractivity contribution < 1.29 is 84.9 Å². The number of nitrogens with zero attached hydrogens (tertiary/aromatic N) is 5. The number of anilines is 2. The third-order valence-corrected chi connectivity index (χ3v) is 19.7. The van der Waals surface area contributed by atoms with E-state index in [9.17, 15) is 47.9 Å². The van der Waals surface area contributed by atoms with E-state index in [1.54, 1.807) is 22.9 Å². The van der Waals surface area contributed by atoms with Gasteiger partial charge >= 0.3 is 6.09 Å². The molecule has 87 heavy (non-hydrogen) atoms. The molecular weight excluding hydrogens is 1190 g/mol. The zero-order chi connectivity index (χ0) is 60.7. The number of rotatable bonds is 22. The maximum Gasteiger partial charge on any atom is 0.408 e. The third-order valence-electron chi connectivity index (χ3n) is 16.0. The standard InChI is InChI=1S/C58H64N7O18P3.CH4/c1-3-24-77-47-28-39(80-48(47)32-79-85(73,74)83-86(75,76)82-84(70,71)72)30-65-29-38(49-55(59)61-33-62-56(49)65)11-5-19-60-58(69)78-31-34(2)10-4-16-46(66)35-17-18-40(57(67)68)43(25-35)50-44-26-36-12-6-20-63-22-8-14-41(51(36)63)53(44)81-54-42-15-9-23-64-21-7-13-37(52(42)64)27-45(50)54;/h3,17-18,25-27,29,33,39,47-48H,1-2,4,6-10,12-16,19-24,28,30-32H2,(H7-,59,60,61,62,67,68,69,70,71,72,73,74,75,76);1H4/p-3/t39-,47-,48-;/m1./s1. The van der Waals surface area contributed by atoms with E-state index in [0.29, 0.717) is 46.1 Å². The van der Waals surface area contributed by atoms with Gasteiger partial charge in [0.15, 0.2) is 5.78 Å². The number of alkyl carbamates (subject to hydrolysis) is 1. The highest BCUT2D eigenvalue weighted by Crippen LogP contribution is 2.61. The summed E-state index contributed by atoms with van der Waals surface area (Å²) >= 11 is 0. The van der Waals surface area contributed by atoms with Gasteiger partial charge in [-0.25, -0.2) is 28.0 Å². The molecule has 4 N–H and O–H groups in total. The van der Waals surface area contributed by atoms with Crippen LogP contribution in [0.4, 0.5) is 16.3 Å². The molecule has 25 nitrogen and oxygen atoms in total. The number of fused-ring (bicyclic) bond motifs is 5. The molecule has 6 atom stereocenters. The highest BCUT2D eigenvalue weighted by atomic mass is 31.3. The quantitative estimate of drug-likeness (QED) is 0.0288. The summed E-state index contributed by atoms with van der Waals surface area (Å²) in [6, 6.07) is 9.12. The number of ether oxygens (including phenoxy) is 4. The summed E-state index contributed by atoms with van der Waals surface area (Å²) in [4.78, 5) is 94.5. The number of carboxylic acids is 1. The number of carbonyl (C=O) groups excluding carboxylic acids is 3. The summed E-state index contributed by atoms with van der Waals surface area (Å²) in [5, 5.41) is 18.2. The number of benzene rings is 3. The smallest absolute Gasteiger partial charge is 0.408 e. The van der Waals surface area contributed by atoms with Gasteiger partial charge in [0.2, 0.25) is 5.36 Å². The van der Waals surface area contributed by atoms with E-state index in [1.165, 1.54) is 40.6 Å². The van der Waals surface area contributed by atoms with Crippen molar-refractivity contribution in [3.05, 3.63) is 128 Å². The van der Waals surface area contributed by atoms with Gasteiger partial charge in [-0.1, -0.05) is 44.1 Å². The average Bonchev–Trinajstić information content (AvgIpc) is 1.31. The fraction of sp³-hybridized carbons (Fsp3) is 0.424. The molecule has 0 radical (unpaired) electrons. The first-order chi connectivity index (χ1) is 41.1. The first-order valence-electron chi connectivity index (χ1n) is 28.2. The summed E-state index contributed by atoms with van der Waals surface area (Å²) in [5.74, 6) is 5.92. The van der Waals surface area contributed by atoms with Crippen LogP contribution in [0, 0.1) is 11.8 Å². The molecule has 6 aliphatic rings. The van der Waals surface area contributed by atoms with Crippen molar-refractivity contribution in [1.29, 1.82) is 0 Å². The van der Waals surface area contributed by atoms with Gasteiger partial charge in [-0.05, 0) is 86.3 Å². The minimum Gasteiger partial charge on any atom is -0.756 e. The Morgan fingerprint density at radius 3 is 2.47 bits per heavy atom. The maximum absolute atomic E-state index is 14.1. The van der Waals surface area contributed by atoms with Crippen LogP contribution in [-0.4, -0.2) is 108 Å². The van der Waals surface area contributed by atoms with Crippen LogP contribution in [0.5, 0.6) is 11.5 Å². The molecule has 3 unspecified atom stereocenters. The van der Waals surface area contributed by atoms with Crippen molar-refractivity contribution in [3.8, 4) is 23.3 Å². The number of aromatic nitrogens is 3. The van der Waals surface area contributed by atoms with Crippen molar-refractivity contribution in [3.63, 3.8) is 0 Å². The Balaban J connectivity index is 0.00000838. The number of hydrogen-bond donors (Lipinski definition) is 3. The molecule has 1 fully saturated rings. The number of aryl methyl sites for hydroxylation is 2. The van der Waals surface area contributed by atoms with Crippen molar-refractivity contribution in [2.24, 2.45) is 0 Å². The van der Waals surface area contributed by atoms with Crippen LogP contribution in [0.3, 0.4) is 0 Å². The van der Waals surface area contributed by atoms with Crippen molar-refractivity contribution in [2.75, 3.05) is 63.2 Å². The van der Waals surface area contributed by atoms with Crippen LogP contribution in [0.2, 0.25) is 0 Å². The Bertz CT molecular complexity index is 3980. The van der Waals surface area contributed by atoms with Gasteiger partial charge in [0.1, 0.15) is 55.1 Å². The van der Waals surface area contributed by atoms with Gasteiger partial charge in [0, 0.05) is 89.3 Å². The van der Waals surface area contributed by atoms with Crippen molar-refractivity contribution >= 4 is 69.4 Å². The van der Waals surface area contributed by atoms with Gasteiger partial charge in [-0.3, -0.25) is 18.5 Å². The molecule has 8 heterocycles. The molecule has 2 aromatic heterocycles. The Morgan fingerprint density at radius 1 is 0.943 bits per heavy atom. The number of nitrogens with two attached hydrogens (primary N) is 1. The predicted octanol–water partition coefficient (Wildman–Crippen LogP) is 3.31. The Hall–Kier alpha value is -6.87. The van der Waals surface area contributed by atoms with Crippen LogP contribution >= 0.6 is 23.5 Å². The molecule has 11 rings (SSSR count). The van der Waals surface area contributed by atoms with E-state index in [-0.39, 0.29) is 63.7 Å². The molecular formula is C59H65N7O18P3-3. The van der Waals surface area contributed by atoms with E-state index in [2.05, 4.69) is 75.0 Å². The lowest BCUT2D eigenvalue weighted by atomic mass is 9.81. The summed E-state index contributed by atoms with van der Waals surface area (Å²) in [6.45, 7) is 10.5. The van der Waals surface area contributed by atoms with Gasteiger partial charge in [0.25, 0.3) is 23.5 Å². The van der Waals surface area contributed by atoms with Crippen molar-refractivity contribution in [1.82, 2.24) is 24.4 Å². The zero-order valence-electron chi connectivity index (χ0n) is 46.7. The number of nitrogens with one attached hydrogen (secondary N) is 1. The summed E-state index contributed by atoms with van der Waals surface area (Å²) in [6.07, 6.45) is 9.33. The van der Waals surface area contributed by atoms with E-state index in [1.807, 2.05) is 0 Å². The normalized spacial score (nSPS) is 20.1. The number of aromatic carboxylic acids is 1. The molecule has 6 aliphatic heterocycles. The lowest BCUT2D eigenvalue weighted by Crippen LogP contribution is -2.45. The topological polar surface area (TPSA) is 355 Å². The van der Waals surface area contributed by atoms with Crippen LogP contribution in [0.1, 0.15) is 118 Å². The molecule has 1 amide bonds. The monoisotopic (exact) mass is 1250 g/mol. The largest absolute Gasteiger partial charge is 0.756 e. The fourth-order valence-electron chi connectivity index (χ4n) is 12.6. The molecule has 1 saturated heterocycles. The molecule has 0 spiro atoms. The van der Waals surface area contributed by atoms with Crippen LogP contribution < -0.4 is 55.6 Å². The molecule has 0 saturated carbocycles. The number of amides is 1. The second-order valence-electron chi connectivity index (χ2n) is 21.8. The lowest BCUT2D eigenvalue weighted by molar-refractivity contribution is -0.255. The molecule has 462 valence electrons. The minimum atomic E-state index is -6.13. The fourth-order valence-corrected chi connectivity index (χ4v) is 15.5. The van der Waals surface area contributed by atoms with Crippen LogP contribution in [-0.2, 0) is 73.3 Å². The number of nitrogen functional groups attached to an aromatic ring is 1. The highest BCUT2D eigenvalue weighted by molar-refractivity contribution is 7.65. The second-order valence-corrected chi connectivity index (χ2v) is 26.1. The van der Waals surface area contributed by atoms with Gasteiger partial charge in [-0.2, -0.15) is 0 Å². The first-order valence-corrected chi connectivity index (χ1v) is 32.6. The zero-order valence-corrected chi connectivity index (χ0v) is 49.3. The molecule has 3 aromatic carbocycles. The van der Waals surface area contributed by atoms with Gasteiger partial charge < -0.3 is 73.5 Å². The number of carbonyl (C=O) groups is 3. The maximum atomic E-state index is 14.1. The number of Topliss-reactive ketones (excluding diaryl/α,β-unsaturated/α-hetero) is 1. The number of hydrogen-bond acceptors (Lipinski definition) is 21. The van der Waals surface area contributed by atoms with Gasteiger partial charge in [0.05, 0.1) is 61.0 Å². The van der Waals surface area contributed by atoms with E-state index in [0.717, 1.165) is 117 Å². The number of ketones is 1. The van der Waals surface area contributed by atoms with Crippen LogP contribution in [0.15, 0.2) is 67.7 Å². The summed E-state index contributed by atoms with van der Waals surface area (Å²) < 4.78 is 75.0. The molecule has 5 aromatic rings. The highest BCUT2D eigenvalue weighted by Gasteiger charge is 2.39. The number of carboxylic acid groups (broad SMARTS) is 1. The summed E-state index contributed by atoms with van der Waals surface area (Å²) in [5.41, 5.74) is 15.9. The number of phosphoric ester groups is 1. The molecule has 0 bridgehead atoms. The first kappa shape index (κ1) is 63.2. The van der Waals surface area contributed by atoms with Crippen molar-refractivity contribution in [2.45, 2.75) is 109 Å². The van der Waals surface area contributed by atoms with Gasteiger partial charge in [-0.15, -0.1) is 6.58 Å². The summed E-state index contributed by atoms with van der Waals surface area (Å²) in [7, 11) is -17.9. The van der Waals surface area contributed by atoms with E-state index >= 15 is 0 Å². The lowest BCUT2D eigenvalue weighted by Gasteiger charge is -2.39. The Kier molecular flexibility index (Phi) is 18.9. The average molecular weight is 1250 g/mol. The van der Waals surface area contributed by atoms with E-state index in [4.69, 9.17) is 29.6 Å². The van der Waals surface area contributed by atoms with Crippen LogP contribution in [0.25, 0.3) is 16.6 Å². The molecule has 0 aliphatic carbocycles. The SMILES string of the molecule is C.C=CCO[C@@H]1C[C@H](Cn2cc(C#CCNC(=O)OCC(=C)CCCC(=O)c3ccc(C(=O)[O-])c(C4=c5cc6c7c(c5Oc5c4cc4c8c5CCCN8CCC4)CCC[N+]=7CCC6)c3)c3c(N)ncnc32)O[C@@H]1COP(=O)([O-])OP(=O)([O-])OP(=O)([O-])O. The third kappa shape index (κ3) is 13.9. The Morgan fingerprint density at radius 2 is 1.70 bits per heavy atom. The van der Waals surface area contributed by atoms with E-state index < -0.39 is 60.4 Å². The predicted molar refractivity (Wildman–Crippen MR) is 310 cm³/mol.